The Morgan fingerprint density at radius 2 is 1.81 bits per heavy atom. The van der Waals surface area contributed by atoms with Gasteiger partial charge in [0.2, 0.25) is 0 Å². The normalized spacial score (nSPS) is 16.1. The van der Waals surface area contributed by atoms with Crippen molar-refractivity contribution in [2.75, 3.05) is 6.54 Å². The average molecular weight is 251 g/mol. The van der Waals surface area contributed by atoms with Gasteiger partial charge in [0.25, 0.3) is 0 Å². The summed E-state index contributed by atoms with van der Waals surface area (Å²) in [5.74, 6) is -0.149. The smallest absolute Gasteiger partial charge is 0.323 e. The summed E-state index contributed by atoms with van der Waals surface area (Å²) < 4.78 is 11.1. The molecule has 0 spiro atoms. The summed E-state index contributed by atoms with van der Waals surface area (Å²) in [4.78, 5) is 18.2. The quantitative estimate of drug-likeness (QED) is 0.551. The Morgan fingerprint density at radius 1 is 1.19 bits per heavy atom. The summed E-state index contributed by atoms with van der Waals surface area (Å²) in [6.45, 7) is 6.79. The SMILES string of the molecule is CCCCC(CC)CNC(CC)P(=O)(O)O. The van der Waals surface area contributed by atoms with E-state index in [0.717, 1.165) is 12.8 Å². The van der Waals surface area contributed by atoms with Crippen LogP contribution in [0.5, 0.6) is 0 Å². The highest BCUT2D eigenvalue weighted by molar-refractivity contribution is 7.52. The molecule has 0 rings (SSSR count). The van der Waals surface area contributed by atoms with E-state index in [9.17, 15) is 4.57 Å². The molecule has 2 atom stereocenters. The number of rotatable bonds is 9. The summed E-state index contributed by atoms with van der Waals surface area (Å²) in [5.41, 5.74) is 0. The topological polar surface area (TPSA) is 69.6 Å². The van der Waals surface area contributed by atoms with Crippen LogP contribution in [-0.2, 0) is 4.57 Å². The second-order valence-corrected chi connectivity index (χ2v) is 6.14. The molecule has 0 saturated heterocycles. The summed E-state index contributed by atoms with van der Waals surface area (Å²) in [7, 11) is -3.98. The summed E-state index contributed by atoms with van der Waals surface area (Å²) in [5, 5.41) is 3.01. The fourth-order valence-corrected chi connectivity index (χ4v) is 2.57. The zero-order chi connectivity index (χ0) is 12.6. The van der Waals surface area contributed by atoms with Gasteiger partial charge in [-0.15, -0.1) is 0 Å². The zero-order valence-electron chi connectivity index (χ0n) is 10.6. The zero-order valence-corrected chi connectivity index (χ0v) is 11.5. The molecular weight excluding hydrogens is 225 g/mol. The minimum absolute atomic E-state index is 0.467. The lowest BCUT2D eigenvalue weighted by Crippen LogP contribution is -2.32. The van der Waals surface area contributed by atoms with Crippen molar-refractivity contribution < 1.29 is 14.4 Å². The van der Waals surface area contributed by atoms with Crippen molar-refractivity contribution in [3.05, 3.63) is 0 Å². The molecule has 0 amide bonds. The van der Waals surface area contributed by atoms with Gasteiger partial charge in [0.05, 0.1) is 0 Å². The second-order valence-electron chi connectivity index (χ2n) is 4.34. The minimum Gasteiger partial charge on any atom is -0.323 e. The van der Waals surface area contributed by atoms with Crippen LogP contribution in [0.3, 0.4) is 0 Å². The van der Waals surface area contributed by atoms with E-state index in [2.05, 4.69) is 19.2 Å². The largest absolute Gasteiger partial charge is 0.342 e. The molecule has 0 aliphatic heterocycles. The molecule has 0 radical (unpaired) electrons. The van der Waals surface area contributed by atoms with Gasteiger partial charge in [-0.3, -0.25) is 4.57 Å². The molecule has 3 N–H and O–H groups in total. The predicted molar refractivity (Wildman–Crippen MR) is 67.4 cm³/mol. The lowest BCUT2D eigenvalue weighted by Gasteiger charge is -2.22. The molecule has 0 bridgehead atoms. The maximum absolute atomic E-state index is 11.1. The fraction of sp³-hybridized carbons (Fsp3) is 1.00. The second kappa shape index (κ2) is 8.24. The van der Waals surface area contributed by atoms with Gasteiger partial charge in [0.15, 0.2) is 0 Å². The monoisotopic (exact) mass is 251 g/mol. The van der Waals surface area contributed by atoms with Crippen LogP contribution < -0.4 is 5.32 Å². The van der Waals surface area contributed by atoms with Gasteiger partial charge in [-0.25, -0.2) is 0 Å². The first kappa shape index (κ1) is 16.1. The van der Waals surface area contributed by atoms with E-state index in [1.165, 1.54) is 12.8 Å². The van der Waals surface area contributed by atoms with Gasteiger partial charge >= 0.3 is 7.60 Å². The van der Waals surface area contributed by atoms with Crippen LogP contribution in [0.4, 0.5) is 0 Å². The van der Waals surface area contributed by atoms with Crippen LogP contribution in [-0.4, -0.2) is 22.1 Å². The van der Waals surface area contributed by atoms with Crippen LogP contribution >= 0.6 is 7.60 Å². The molecular formula is C11H26NO3P. The van der Waals surface area contributed by atoms with Gasteiger partial charge in [-0.2, -0.15) is 0 Å². The first-order chi connectivity index (χ1) is 7.45. The maximum Gasteiger partial charge on any atom is 0.342 e. The minimum atomic E-state index is -3.98. The highest BCUT2D eigenvalue weighted by Gasteiger charge is 2.26. The molecule has 4 nitrogen and oxygen atoms in total. The van der Waals surface area contributed by atoms with Crippen LogP contribution in [0.25, 0.3) is 0 Å². The van der Waals surface area contributed by atoms with E-state index in [1.807, 2.05) is 0 Å². The first-order valence-electron chi connectivity index (χ1n) is 6.24. The van der Waals surface area contributed by atoms with Crippen molar-refractivity contribution in [2.24, 2.45) is 5.92 Å². The third-order valence-electron chi connectivity index (χ3n) is 2.98. The summed E-state index contributed by atoms with van der Waals surface area (Å²) in [6.07, 6.45) is 5.02. The Labute approximate surface area is 99.0 Å². The Hall–Kier alpha value is 0.110. The predicted octanol–water partition coefficient (Wildman–Crippen LogP) is 2.71. The Kier molecular flexibility index (Phi) is 8.29. The highest BCUT2D eigenvalue weighted by Crippen LogP contribution is 2.41. The van der Waals surface area contributed by atoms with Crippen LogP contribution in [0.15, 0.2) is 0 Å². The van der Waals surface area contributed by atoms with E-state index in [4.69, 9.17) is 9.79 Å². The maximum atomic E-state index is 11.1. The van der Waals surface area contributed by atoms with E-state index in [1.54, 1.807) is 6.92 Å². The van der Waals surface area contributed by atoms with Gasteiger partial charge in [0, 0.05) is 0 Å². The van der Waals surface area contributed by atoms with Crippen molar-refractivity contribution in [1.82, 2.24) is 5.32 Å². The lowest BCUT2D eigenvalue weighted by atomic mass is 9.99. The van der Waals surface area contributed by atoms with Crippen molar-refractivity contribution >= 4 is 7.60 Å². The fourth-order valence-electron chi connectivity index (χ4n) is 1.75. The molecule has 5 heteroatoms. The summed E-state index contributed by atoms with van der Waals surface area (Å²) >= 11 is 0. The van der Waals surface area contributed by atoms with Gasteiger partial charge in [-0.1, -0.05) is 40.0 Å². The number of hydrogen-bond acceptors (Lipinski definition) is 2. The Balaban J connectivity index is 4.03. The van der Waals surface area contributed by atoms with E-state index in [0.29, 0.717) is 18.9 Å². The third-order valence-corrected chi connectivity index (χ3v) is 4.34. The number of hydrogen-bond donors (Lipinski definition) is 3. The van der Waals surface area contributed by atoms with Crippen molar-refractivity contribution in [1.29, 1.82) is 0 Å². The molecule has 0 saturated carbocycles. The molecule has 16 heavy (non-hydrogen) atoms. The van der Waals surface area contributed by atoms with Crippen LogP contribution in [0.2, 0.25) is 0 Å². The molecule has 0 heterocycles. The molecule has 0 aromatic heterocycles. The van der Waals surface area contributed by atoms with Crippen molar-refractivity contribution in [3.63, 3.8) is 0 Å². The standard InChI is InChI=1S/C11H26NO3P/c1-4-7-8-10(5-2)9-12-11(6-3)16(13,14)15/h10-12H,4-9H2,1-3H3,(H2,13,14,15). The Bertz CT molecular complexity index is 217. The molecule has 98 valence electrons. The summed E-state index contributed by atoms with van der Waals surface area (Å²) in [6, 6.07) is 0. The van der Waals surface area contributed by atoms with Crippen LogP contribution in [0, 0.1) is 5.92 Å². The van der Waals surface area contributed by atoms with E-state index in [-0.39, 0.29) is 0 Å². The Morgan fingerprint density at radius 3 is 2.19 bits per heavy atom. The molecule has 2 unspecified atom stereocenters. The first-order valence-corrected chi connectivity index (χ1v) is 7.92. The van der Waals surface area contributed by atoms with E-state index >= 15 is 0 Å². The molecule has 0 aromatic rings. The number of unbranched alkanes of at least 4 members (excludes halogenated alkanes) is 1. The van der Waals surface area contributed by atoms with Crippen LogP contribution in [0.1, 0.15) is 52.9 Å². The molecule has 0 fully saturated rings. The molecule has 0 aromatic carbocycles. The molecule has 0 aliphatic rings. The van der Waals surface area contributed by atoms with Gasteiger partial charge < -0.3 is 15.1 Å². The molecule has 0 aliphatic carbocycles. The number of nitrogens with one attached hydrogen (secondary N) is 1. The van der Waals surface area contributed by atoms with E-state index < -0.39 is 13.4 Å². The third kappa shape index (κ3) is 6.64. The van der Waals surface area contributed by atoms with Gasteiger partial charge in [-0.05, 0) is 25.3 Å². The lowest BCUT2D eigenvalue weighted by molar-refractivity contribution is 0.331. The highest BCUT2D eigenvalue weighted by atomic mass is 31.2. The van der Waals surface area contributed by atoms with Crippen molar-refractivity contribution in [2.45, 2.75) is 58.7 Å². The average Bonchev–Trinajstić information content (AvgIpc) is 2.21. The van der Waals surface area contributed by atoms with Crippen molar-refractivity contribution in [3.8, 4) is 0 Å². The van der Waals surface area contributed by atoms with Gasteiger partial charge in [0.1, 0.15) is 5.78 Å².